The Labute approximate surface area is 80.5 Å². The Morgan fingerprint density at radius 1 is 1.54 bits per heavy atom. The third kappa shape index (κ3) is 2.30. The minimum atomic E-state index is -0.588. The number of carbonyl (C=O) groups is 1. The molecular formula is C10H6ClFO. The molecule has 0 aliphatic heterocycles. The van der Waals surface area contributed by atoms with Crippen molar-refractivity contribution in [1.29, 1.82) is 0 Å². The first kappa shape index (κ1) is 9.76. The second-order valence-electron chi connectivity index (χ2n) is 2.26. The highest BCUT2D eigenvalue weighted by Gasteiger charge is 2.03. The van der Waals surface area contributed by atoms with Crippen LogP contribution in [0.25, 0.3) is 0 Å². The lowest BCUT2D eigenvalue weighted by Crippen LogP contribution is -1.91. The maximum absolute atomic E-state index is 13.2. The summed E-state index contributed by atoms with van der Waals surface area (Å²) < 4.78 is 13.2. The van der Waals surface area contributed by atoms with E-state index in [4.69, 9.17) is 11.6 Å². The highest BCUT2D eigenvalue weighted by Crippen LogP contribution is 2.09. The molecule has 0 fully saturated rings. The molecule has 0 N–H and O–H groups in total. The van der Waals surface area contributed by atoms with Crippen molar-refractivity contribution in [2.75, 3.05) is 5.88 Å². The van der Waals surface area contributed by atoms with Gasteiger partial charge in [0.15, 0.2) is 6.29 Å². The van der Waals surface area contributed by atoms with E-state index < -0.39 is 5.82 Å². The van der Waals surface area contributed by atoms with Crippen LogP contribution in [0.15, 0.2) is 18.2 Å². The molecule has 1 rings (SSSR count). The number of carbonyl (C=O) groups excluding carboxylic acids is 1. The first-order valence-electron chi connectivity index (χ1n) is 3.58. The molecule has 0 heterocycles. The van der Waals surface area contributed by atoms with E-state index in [1.165, 1.54) is 12.1 Å². The summed E-state index contributed by atoms with van der Waals surface area (Å²) >= 11 is 5.31. The lowest BCUT2D eigenvalue weighted by molar-refractivity contribution is 0.112. The quantitative estimate of drug-likeness (QED) is 0.383. The summed E-state index contributed by atoms with van der Waals surface area (Å²) in [5, 5.41) is 0. The van der Waals surface area contributed by atoms with Crippen LogP contribution in [0.5, 0.6) is 0 Å². The Morgan fingerprint density at radius 2 is 2.31 bits per heavy atom. The zero-order chi connectivity index (χ0) is 9.68. The van der Waals surface area contributed by atoms with Crippen LogP contribution in [0, 0.1) is 17.7 Å². The fraction of sp³-hybridized carbons (Fsp3) is 0.100. The van der Waals surface area contributed by atoms with Gasteiger partial charge in [0.05, 0.1) is 17.0 Å². The van der Waals surface area contributed by atoms with Crippen LogP contribution in [0.2, 0.25) is 0 Å². The zero-order valence-electron chi connectivity index (χ0n) is 6.68. The van der Waals surface area contributed by atoms with Gasteiger partial charge in [-0.2, -0.15) is 0 Å². The van der Waals surface area contributed by atoms with Gasteiger partial charge in [-0.1, -0.05) is 17.9 Å². The van der Waals surface area contributed by atoms with E-state index in [9.17, 15) is 9.18 Å². The summed E-state index contributed by atoms with van der Waals surface area (Å²) in [6, 6.07) is 4.47. The molecule has 0 spiro atoms. The fourth-order valence-electron chi connectivity index (χ4n) is 0.866. The molecule has 0 radical (unpaired) electrons. The normalized spacial score (nSPS) is 8.77. The van der Waals surface area contributed by atoms with Crippen LogP contribution in [0.1, 0.15) is 15.9 Å². The highest BCUT2D eigenvalue weighted by atomic mass is 35.5. The fourth-order valence-corrected chi connectivity index (χ4v) is 0.933. The van der Waals surface area contributed by atoms with Crippen molar-refractivity contribution in [3.05, 3.63) is 35.1 Å². The smallest absolute Gasteiger partial charge is 0.153 e. The number of rotatable bonds is 1. The van der Waals surface area contributed by atoms with Crippen LogP contribution in [-0.2, 0) is 0 Å². The second-order valence-corrected chi connectivity index (χ2v) is 2.53. The van der Waals surface area contributed by atoms with Crippen LogP contribution < -0.4 is 0 Å². The molecule has 3 heteroatoms. The van der Waals surface area contributed by atoms with Gasteiger partial charge in [0.25, 0.3) is 0 Å². The monoisotopic (exact) mass is 196 g/mol. The minimum Gasteiger partial charge on any atom is -0.298 e. The molecule has 0 aromatic heterocycles. The summed E-state index contributed by atoms with van der Waals surface area (Å²) in [6.45, 7) is 0. The Hall–Kier alpha value is -1.33. The molecule has 0 aliphatic rings. The largest absolute Gasteiger partial charge is 0.298 e. The highest BCUT2D eigenvalue weighted by molar-refractivity contribution is 6.19. The van der Waals surface area contributed by atoms with E-state index in [-0.39, 0.29) is 17.0 Å². The summed E-state index contributed by atoms with van der Waals surface area (Å²) in [7, 11) is 0. The summed E-state index contributed by atoms with van der Waals surface area (Å²) in [6.07, 6.45) is 0.460. The van der Waals surface area contributed by atoms with E-state index in [1.807, 2.05) is 0 Å². The molecule has 0 aliphatic carbocycles. The number of aldehydes is 1. The van der Waals surface area contributed by atoms with Gasteiger partial charge in [0, 0.05) is 0 Å². The average molecular weight is 197 g/mol. The molecule has 0 bridgehead atoms. The van der Waals surface area contributed by atoms with E-state index in [0.717, 1.165) is 0 Å². The molecule has 66 valence electrons. The van der Waals surface area contributed by atoms with Crippen molar-refractivity contribution in [2.45, 2.75) is 0 Å². The second kappa shape index (κ2) is 4.64. The summed E-state index contributed by atoms with van der Waals surface area (Å²) in [4.78, 5) is 10.3. The van der Waals surface area contributed by atoms with E-state index in [2.05, 4.69) is 11.8 Å². The van der Waals surface area contributed by atoms with Crippen molar-refractivity contribution in [2.24, 2.45) is 0 Å². The topological polar surface area (TPSA) is 17.1 Å². The summed E-state index contributed by atoms with van der Waals surface area (Å²) in [5.41, 5.74) is 0.214. The molecule has 1 aromatic carbocycles. The predicted octanol–water partition coefficient (Wildman–Crippen LogP) is 2.23. The van der Waals surface area contributed by atoms with Crippen molar-refractivity contribution in [3.8, 4) is 11.8 Å². The Kier molecular flexibility index (Phi) is 3.48. The molecule has 0 atom stereocenters. The number of halogens is 2. The average Bonchev–Trinajstić information content (AvgIpc) is 2.16. The molecule has 0 saturated carbocycles. The standard InChI is InChI=1S/C10H6ClFO/c11-6-2-5-8-3-1-4-9(7-13)10(8)12/h1,3-4,7H,6H2. The van der Waals surface area contributed by atoms with Gasteiger partial charge in [-0.25, -0.2) is 4.39 Å². The Bertz CT molecular complexity index is 376. The Morgan fingerprint density at radius 3 is 2.92 bits per heavy atom. The molecule has 0 saturated heterocycles. The van der Waals surface area contributed by atoms with Gasteiger partial charge in [0.2, 0.25) is 0 Å². The van der Waals surface area contributed by atoms with Crippen LogP contribution >= 0.6 is 11.6 Å². The molecule has 1 nitrogen and oxygen atoms in total. The Balaban J connectivity index is 3.15. The van der Waals surface area contributed by atoms with Crippen LogP contribution in [0.4, 0.5) is 4.39 Å². The van der Waals surface area contributed by atoms with Crippen molar-refractivity contribution >= 4 is 17.9 Å². The van der Waals surface area contributed by atoms with Gasteiger partial charge in [-0.05, 0) is 12.1 Å². The van der Waals surface area contributed by atoms with Gasteiger partial charge in [-0.3, -0.25) is 4.79 Å². The van der Waals surface area contributed by atoms with Gasteiger partial charge in [-0.15, -0.1) is 11.6 Å². The summed E-state index contributed by atoms with van der Waals surface area (Å²) in [5.74, 6) is 4.59. The van der Waals surface area contributed by atoms with Crippen LogP contribution in [-0.4, -0.2) is 12.2 Å². The number of hydrogen-bond donors (Lipinski definition) is 0. The van der Waals surface area contributed by atoms with Crippen LogP contribution in [0.3, 0.4) is 0 Å². The maximum Gasteiger partial charge on any atom is 0.153 e. The SMILES string of the molecule is O=Cc1cccc(C#CCCl)c1F. The molecular weight excluding hydrogens is 191 g/mol. The number of alkyl halides is 1. The van der Waals surface area contributed by atoms with Crippen molar-refractivity contribution in [3.63, 3.8) is 0 Å². The lowest BCUT2D eigenvalue weighted by atomic mass is 10.1. The molecule has 0 amide bonds. The zero-order valence-corrected chi connectivity index (χ0v) is 7.44. The first-order chi connectivity index (χ1) is 6.29. The van der Waals surface area contributed by atoms with Crippen molar-refractivity contribution in [1.82, 2.24) is 0 Å². The first-order valence-corrected chi connectivity index (χ1v) is 4.11. The number of benzene rings is 1. The van der Waals surface area contributed by atoms with Gasteiger partial charge >= 0.3 is 0 Å². The molecule has 1 aromatic rings. The molecule has 0 unspecified atom stereocenters. The third-order valence-electron chi connectivity index (χ3n) is 1.45. The lowest BCUT2D eigenvalue weighted by Gasteiger charge is -1.95. The van der Waals surface area contributed by atoms with Crippen molar-refractivity contribution < 1.29 is 9.18 Å². The van der Waals surface area contributed by atoms with Gasteiger partial charge in [0.1, 0.15) is 5.82 Å². The molecule has 13 heavy (non-hydrogen) atoms. The van der Waals surface area contributed by atoms with E-state index in [0.29, 0.717) is 6.29 Å². The third-order valence-corrected chi connectivity index (χ3v) is 1.58. The number of hydrogen-bond acceptors (Lipinski definition) is 1. The maximum atomic E-state index is 13.2. The predicted molar refractivity (Wildman–Crippen MR) is 49.4 cm³/mol. The van der Waals surface area contributed by atoms with E-state index >= 15 is 0 Å². The van der Waals surface area contributed by atoms with E-state index in [1.54, 1.807) is 6.07 Å². The van der Waals surface area contributed by atoms with Gasteiger partial charge < -0.3 is 0 Å². The minimum absolute atomic E-state index is 0.0152.